The van der Waals surface area contributed by atoms with E-state index in [-0.39, 0.29) is 18.2 Å². The molecule has 0 spiro atoms. The Balaban J connectivity index is 2.64. The van der Waals surface area contributed by atoms with Crippen LogP contribution in [0.15, 0.2) is 11.9 Å². The monoisotopic (exact) mass is 201 g/mol. The lowest BCUT2D eigenvalue weighted by Gasteiger charge is -2.28. The van der Waals surface area contributed by atoms with Crippen LogP contribution < -0.4 is 0 Å². The summed E-state index contributed by atoms with van der Waals surface area (Å²) >= 11 is 0. The van der Waals surface area contributed by atoms with Crippen LogP contribution in [0.1, 0.15) is 27.2 Å². The van der Waals surface area contributed by atoms with Crippen molar-refractivity contribution in [3.8, 4) is 0 Å². The van der Waals surface area contributed by atoms with E-state index in [1.807, 2.05) is 27.8 Å². The van der Waals surface area contributed by atoms with Crippen LogP contribution in [-0.4, -0.2) is 36.7 Å². The van der Waals surface area contributed by atoms with Gasteiger partial charge in [0.2, 0.25) is 0 Å². The van der Waals surface area contributed by atoms with Crippen LogP contribution in [0.2, 0.25) is 0 Å². The Kier molecular flexibility index (Phi) is 4.08. The van der Waals surface area contributed by atoms with Crippen molar-refractivity contribution in [2.24, 2.45) is 0 Å². The van der Waals surface area contributed by atoms with E-state index >= 15 is 0 Å². The second-order valence-electron chi connectivity index (χ2n) is 4.25. The van der Waals surface area contributed by atoms with Crippen molar-refractivity contribution in [3.63, 3.8) is 0 Å². The SMILES string of the molecule is CC(C)O[C@@H](C)[C@@H]1/C(=C/F)CCN1C. The predicted octanol–water partition coefficient (Wildman–Crippen LogP) is 2.36. The number of nitrogens with zero attached hydrogens (tertiary/aromatic N) is 1. The van der Waals surface area contributed by atoms with Gasteiger partial charge in [-0.05, 0) is 39.8 Å². The molecule has 1 aliphatic heterocycles. The van der Waals surface area contributed by atoms with Crippen molar-refractivity contribution >= 4 is 0 Å². The van der Waals surface area contributed by atoms with Crippen LogP contribution in [0.4, 0.5) is 4.39 Å². The van der Waals surface area contributed by atoms with Crippen LogP contribution in [0.5, 0.6) is 0 Å². The number of likely N-dealkylation sites (tertiary alicyclic amines) is 1. The highest BCUT2D eigenvalue weighted by atomic mass is 19.1. The smallest absolute Gasteiger partial charge is 0.0876 e. The maximum Gasteiger partial charge on any atom is 0.0876 e. The molecule has 0 aromatic carbocycles. The van der Waals surface area contributed by atoms with E-state index in [0.29, 0.717) is 0 Å². The van der Waals surface area contributed by atoms with E-state index in [2.05, 4.69) is 4.90 Å². The molecule has 0 amide bonds. The molecular weight excluding hydrogens is 181 g/mol. The summed E-state index contributed by atoms with van der Waals surface area (Å²) < 4.78 is 18.3. The van der Waals surface area contributed by atoms with Gasteiger partial charge >= 0.3 is 0 Å². The molecule has 14 heavy (non-hydrogen) atoms. The lowest BCUT2D eigenvalue weighted by atomic mass is 10.1. The first-order valence-electron chi connectivity index (χ1n) is 5.21. The summed E-state index contributed by atoms with van der Waals surface area (Å²) in [6, 6.07) is 0.113. The fourth-order valence-electron chi connectivity index (χ4n) is 2.16. The van der Waals surface area contributed by atoms with Gasteiger partial charge in [-0.1, -0.05) is 0 Å². The Hall–Kier alpha value is -0.410. The highest BCUT2D eigenvalue weighted by Crippen LogP contribution is 2.26. The molecule has 1 aliphatic rings. The van der Waals surface area contributed by atoms with Gasteiger partial charge in [0.05, 0.1) is 24.6 Å². The minimum atomic E-state index is 0.0597. The highest BCUT2D eigenvalue weighted by molar-refractivity contribution is 5.15. The summed E-state index contributed by atoms with van der Waals surface area (Å²) in [4.78, 5) is 2.15. The number of ether oxygens (including phenoxy) is 1. The van der Waals surface area contributed by atoms with Crippen LogP contribution >= 0.6 is 0 Å². The van der Waals surface area contributed by atoms with Gasteiger partial charge in [-0.25, -0.2) is 4.39 Å². The van der Waals surface area contributed by atoms with E-state index in [4.69, 9.17) is 4.74 Å². The molecule has 0 unspecified atom stereocenters. The minimum absolute atomic E-state index is 0.0597. The zero-order valence-corrected chi connectivity index (χ0v) is 9.46. The number of halogens is 1. The van der Waals surface area contributed by atoms with Crippen LogP contribution in [0.3, 0.4) is 0 Å². The number of hydrogen-bond acceptors (Lipinski definition) is 2. The molecule has 0 radical (unpaired) electrons. The van der Waals surface area contributed by atoms with Crippen molar-refractivity contribution in [2.45, 2.75) is 45.4 Å². The molecule has 1 rings (SSSR count). The molecule has 0 aliphatic carbocycles. The van der Waals surface area contributed by atoms with Crippen LogP contribution in [-0.2, 0) is 4.74 Å². The highest BCUT2D eigenvalue weighted by Gasteiger charge is 2.32. The van der Waals surface area contributed by atoms with Crippen LogP contribution in [0.25, 0.3) is 0 Å². The van der Waals surface area contributed by atoms with Gasteiger partial charge in [-0.2, -0.15) is 0 Å². The standard InChI is InChI=1S/C11H20FNO/c1-8(2)14-9(3)11-10(7-12)5-6-13(11)4/h7-9,11H,5-6H2,1-4H3/b10-7+/t9-,11+/m0/s1. The molecule has 2 nitrogen and oxygen atoms in total. The summed E-state index contributed by atoms with van der Waals surface area (Å²) in [5, 5.41) is 0. The summed E-state index contributed by atoms with van der Waals surface area (Å²) in [6.45, 7) is 6.94. The Morgan fingerprint density at radius 3 is 2.64 bits per heavy atom. The van der Waals surface area contributed by atoms with Crippen molar-refractivity contribution in [3.05, 3.63) is 11.9 Å². The second kappa shape index (κ2) is 4.89. The minimum Gasteiger partial charge on any atom is -0.374 e. The first-order chi connectivity index (χ1) is 6.56. The van der Waals surface area contributed by atoms with Gasteiger partial charge in [0.1, 0.15) is 0 Å². The van der Waals surface area contributed by atoms with Gasteiger partial charge in [0.15, 0.2) is 0 Å². The largest absolute Gasteiger partial charge is 0.374 e. The van der Waals surface area contributed by atoms with Gasteiger partial charge in [0, 0.05) is 6.54 Å². The topological polar surface area (TPSA) is 12.5 Å². The molecule has 3 heteroatoms. The molecule has 82 valence electrons. The average molecular weight is 201 g/mol. The molecule has 2 atom stereocenters. The zero-order chi connectivity index (χ0) is 10.7. The van der Waals surface area contributed by atoms with Crippen molar-refractivity contribution in [1.29, 1.82) is 0 Å². The molecule has 0 N–H and O–H groups in total. The number of rotatable bonds is 3. The van der Waals surface area contributed by atoms with E-state index in [9.17, 15) is 4.39 Å². The quantitative estimate of drug-likeness (QED) is 0.695. The molecule has 0 bridgehead atoms. The van der Waals surface area contributed by atoms with Gasteiger partial charge < -0.3 is 4.74 Å². The molecule has 0 aromatic rings. The third-order valence-electron chi connectivity index (χ3n) is 2.68. The third kappa shape index (κ3) is 2.55. The number of likely N-dealkylation sites (N-methyl/N-ethyl adjacent to an activating group) is 1. The maximum atomic E-state index is 12.6. The first kappa shape index (κ1) is 11.7. The van der Waals surface area contributed by atoms with Gasteiger partial charge in [-0.15, -0.1) is 0 Å². The van der Waals surface area contributed by atoms with Gasteiger partial charge in [0.25, 0.3) is 0 Å². The fraction of sp³-hybridized carbons (Fsp3) is 0.818. The average Bonchev–Trinajstić information content (AvgIpc) is 2.45. The molecule has 0 saturated carbocycles. The van der Waals surface area contributed by atoms with Crippen molar-refractivity contribution < 1.29 is 9.13 Å². The molecule has 0 aromatic heterocycles. The van der Waals surface area contributed by atoms with E-state index in [1.54, 1.807) is 0 Å². The Morgan fingerprint density at radius 2 is 2.14 bits per heavy atom. The van der Waals surface area contributed by atoms with Gasteiger partial charge in [-0.3, -0.25) is 4.90 Å². The molecular formula is C11H20FNO. The zero-order valence-electron chi connectivity index (χ0n) is 9.46. The maximum absolute atomic E-state index is 12.6. The predicted molar refractivity (Wildman–Crippen MR) is 55.9 cm³/mol. The lowest BCUT2D eigenvalue weighted by Crippen LogP contribution is -2.38. The van der Waals surface area contributed by atoms with Crippen molar-refractivity contribution in [1.82, 2.24) is 4.90 Å². The lowest BCUT2D eigenvalue weighted by molar-refractivity contribution is -0.0127. The summed E-state index contributed by atoms with van der Waals surface area (Å²) in [7, 11) is 2.02. The third-order valence-corrected chi connectivity index (χ3v) is 2.68. The van der Waals surface area contributed by atoms with Crippen molar-refractivity contribution in [2.75, 3.05) is 13.6 Å². The van der Waals surface area contributed by atoms with Crippen LogP contribution in [0, 0.1) is 0 Å². The Bertz CT molecular complexity index is 215. The second-order valence-corrected chi connectivity index (χ2v) is 4.25. The summed E-state index contributed by atoms with van der Waals surface area (Å²) in [5.74, 6) is 0. The fourth-order valence-corrected chi connectivity index (χ4v) is 2.16. The molecule has 1 saturated heterocycles. The van der Waals surface area contributed by atoms with E-state index in [1.165, 1.54) is 0 Å². The summed E-state index contributed by atoms with van der Waals surface area (Å²) in [6.07, 6.45) is 1.82. The van der Waals surface area contributed by atoms with E-state index in [0.717, 1.165) is 24.9 Å². The number of hydrogen-bond donors (Lipinski definition) is 0. The normalized spacial score (nSPS) is 29.0. The molecule has 1 heterocycles. The first-order valence-corrected chi connectivity index (χ1v) is 5.21. The van der Waals surface area contributed by atoms with E-state index < -0.39 is 0 Å². The Labute approximate surface area is 85.7 Å². The Morgan fingerprint density at radius 1 is 1.50 bits per heavy atom. The molecule has 1 fully saturated rings. The summed E-state index contributed by atoms with van der Waals surface area (Å²) in [5.41, 5.74) is 0.862.